The molecule has 1 aliphatic rings. The van der Waals surface area contributed by atoms with Crippen LogP contribution in [0.5, 0.6) is 5.88 Å². The molecule has 3 heterocycles. The number of hydrogen-bond acceptors (Lipinski definition) is 5. The summed E-state index contributed by atoms with van der Waals surface area (Å²) >= 11 is 0.954. The van der Waals surface area contributed by atoms with E-state index in [2.05, 4.69) is 35.9 Å². The summed E-state index contributed by atoms with van der Waals surface area (Å²) in [4.78, 5) is 17.7. The van der Waals surface area contributed by atoms with E-state index in [1.54, 1.807) is 0 Å². The van der Waals surface area contributed by atoms with E-state index in [4.69, 9.17) is 4.74 Å². The smallest absolute Gasteiger partial charge is 0.313 e. The average molecular weight is 564 g/mol. The summed E-state index contributed by atoms with van der Waals surface area (Å²) in [5.74, 6) is 1.18. The van der Waals surface area contributed by atoms with Crippen molar-refractivity contribution < 1.29 is 9.53 Å². The molecule has 0 saturated heterocycles. The van der Waals surface area contributed by atoms with Crippen LogP contribution in [-0.2, 0) is 24.2 Å². The molecule has 143 valence electrons. The van der Waals surface area contributed by atoms with E-state index in [0.29, 0.717) is 24.7 Å². The molecule has 2 aromatic rings. The summed E-state index contributed by atoms with van der Waals surface area (Å²) in [5, 5.41) is 7.24. The topological polar surface area (TPSA) is 72.3 Å². The first-order valence-corrected chi connectivity index (χ1v) is 11.3. The van der Waals surface area contributed by atoms with Crippen molar-refractivity contribution in [2.75, 3.05) is 25.0 Å². The van der Waals surface area contributed by atoms with Crippen molar-refractivity contribution in [1.29, 1.82) is 0 Å². The Morgan fingerprint density at radius 3 is 3.07 bits per heavy atom. The number of rotatable bonds is 10. The number of carbonyl (C=O) groups is 1. The fraction of sp³-hybridized carbons (Fsp3) is 0.526. The predicted octanol–water partition coefficient (Wildman–Crippen LogP) is 1.95. The number of fused-ring (bicyclic) bond motifs is 1. The molecule has 27 heavy (non-hydrogen) atoms. The van der Waals surface area contributed by atoms with Gasteiger partial charge in [0.25, 0.3) is 0 Å². The first-order chi connectivity index (χ1) is 13.2. The summed E-state index contributed by atoms with van der Waals surface area (Å²) in [7, 11) is 0. The van der Waals surface area contributed by atoms with Gasteiger partial charge in [0.2, 0.25) is 6.41 Å². The van der Waals surface area contributed by atoms with Gasteiger partial charge in [0.1, 0.15) is 5.82 Å². The molecule has 8 heteroatoms. The molecule has 0 fully saturated rings. The Balaban J connectivity index is 1.40. The van der Waals surface area contributed by atoms with Gasteiger partial charge in [-0.05, 0) is 18.1 Å². The third kappa shape index (κ3) is 5.74. The fourth-order valence-corrected chi connectivity index (χ4v) is 4.45. The average Bonchev–Trinajstić information content (AvgIpc) is 3.03. The SMILES string of the molecule is CCCc1ccc(OCCCCN2CCc3n[n]([Pb])cc3C2)nc1NC=O. The first-order valence-electron chi connectivity index (χ1n) is 9.54. The zero-order chi connectivity index (χ0) is 19.1. The van der Waals surface area contributed by atoms with Gasteiger partial charge in [0.05, 0.1) is 0 Å². The summed E-state index contributed by atoms with van der Waals surface area (Å²) in [5.41, 5.74) is 3.71. The van der Waals surface area contributed by atoms with E-state index in [9.17, 15) is 4.79 Å². The molecule has 0 saturated carbocycles. The Kier molecular flexibility index (Phi) is 7.62. The van der Waals surface area contributed by atoms with E-state index in [1.807, 2.05) is 12.1 Å². The van der Waals surface area contributed by atoms with Gasteiger partial charge in [-0.15, -0.1) is 0 Å². The molecule has 1 amide bonds. The van der Waals surface area contributed by atoms with E-state index >= 15 is 0 Å². The van der Waals surface area contributed by atoms with E-state index < -0.39 is 0 Å². The van der Waals surface area contributed by atoms with Crippen molar-refractivity contribution in [1.82, 2.24) is 17.5 Å². The van der Waals surface area contributed by atoms with Crippen molar-refractivity contribution in [3.8, 4) is 5.88 Å². The quantitative estimate of drug-likeness (QED) is 0.272. The van der Waals surface area contributed by atoms with Gasteiger partial charge in [0.15, 0.2) is 0 Å². The number of nitrogens with one attached hydrogen (secondary N) is 1. The second kappa shape index (κ2) is 10.2. The third-order valence-electron chi connectivity index (χ3n) is 4.72. The van der Waals surface area contributed by atoms with Gasteiger partial charge < -0.3 is 5.32 Å². The normalized spacial score (nSPS) is 14.0. The van der Waals surface area contributed by atoms with Gasteiger partial charge in [0, 0.05) is 0 Å². The molecule has 0 spiro atoms. The zero-order valence-corrected chi connectivity index (χ0v) is 19.7. The maximum absolute atomic E-state index is 10.8. The number of aromatic nitrogens is 3. The summed E-state index contributed by atoms with van der Waals surface area (Å²) in [6.07, 6.45) is 7.89. The Labute approximate surface area is 176 Å². The minimum absolute atomic E-state index is 0.571. The fourth-order valence-electron chi connectivity index (χ4n) is 3.38. The number of carbonyl (C=O) groups excluding carboxylic acids is 1. The van der Waals surface area contributed by atoms with Crippen LogP contribution in [0.25, 0.3) is 0 Å². The molecule has 0 aromatic carbocycles. The number of hydrogen-bond donors (Lipinski definition) is 1. The van der Waals surface area contributed by atoms with Gasteiger partial charge in [-0.3, -0.25) is 4.79 Å². The van der Waals surface area contributed by atoms with Crippen LogP contribution in [-0.4, -0.2) is 69.6 Å². The number of pyridine rings is 1. The van der Waals surface area contributed by atoms with Crippen LogP contribution in [0.15, 0.2) is 18.3 Å². The van der Waals surface area contributed by atoms with Crippen LogP contribution in [0, 0.1) is 0 Å². The Morgan fingerprint density at radius 2 is 2.26 bits per heavy atom. The molecular formula is C19H26N5O2Pb. The van der Waals surface area contributed by atoms with E-state index in [-0.39, 0.29) is 0 Å². The molecule has 0 aliphatic carbocycles. The second-order valence-electron chi connectivity index (χ2n) is 6.80. The minimum Gasteiger partial charge on any atom is -0.313 e. The summed E-state index contributed by atoms with van der Waals surface area (Å²) < 4.78 is 7.83. The molecule has 0 unspecified atom stereocenters. The molecule has 3 radical (unpaired) electrons. The molecule has 3 rings (SSSR count). The molecular weight excluding hydrogens is 537 g/mol. The van der Waals surface area contributed by atoms with Crippen LogP contribution in [0.1, 0.15) is 43.0 Å². The monoisotopic (exact) mass is 564 g/mol. The minimum atomic E-state index is 0.571. The van der Waals surface area contributed by atoms with Crippen molar-refractivity contribution in [3.63, 3.8) is 0 Å². The van der Waals surface area contributed by atoms with Gasteiger partial charge >= 0.3 is 123 Å². The molecule has 1 aliphatic heterocycles. The number of nitrogens with zero attached hydrogens (tertiary/aromatic N) is 4. The van der Waals surface area contributed by atoms with Crippen LogP contribution in [0.4, 0.5) is 5.82 Å². The molecule has 1 N–H and O–H groups in total. The first kappa shape index (κ1) is 20.3. The van der Waals surface area contributed by atoms with Gasteiger partial charge in [-0.2, -0.15) is 0 Å². The number of aryl methyl sites for hydroxylation is 1. The van der Waals surface area contributed by atoms with Crippen LogP contribution in [0.3, 0.4) is 0 Å². The van der Waals surface area contributed by atoms with Crippen molar-refractivity contribution >= 4 is 38.3 Å². The predicted molar refractivity (Wildman–Crippen MR) is 105 cm³/mol. The Morgan fingerprint density at radius 1 is 1.37 bits per heavy atom. The van der Waals surface area contributed by atoms with Crippen molar-refractivity contribution in [2.24, 2.45) is 0 Å². The van der Waals surface area contributed by atoms with Crippen molar-refractivity contribution in [2.45, 2.75) is 45.6 Å². The van der Waals surface area contributed by atoms with Gasteiger partial charge in [-0.1, -0.05) is 13.3 Å². The Bertz CT molecular complexity index is 765. The number of anilines is 1. The molecule has 0 bridgehead atoms. The van der Waals surface area contributed by atoms with Crippen LogP contribution >= 0.6 is 0 Å². The summed E-state index contributed by atoms with van der Waals surface area (Å²) in [6, 6.07) is 3.87. The third-order valence-corrected chi connectivity index (χ3v) is 5.61. The van der Waals surface area contributed by atoms with Gasteiger partial charge in [-0.25, -0.2) is 0 Å². The Hall–Kier alpha value is -1.49. The zero-order valence-electron chi connectivity index (χ0n) is 15.8. The summed E-state index contributed by atoms with van der Waals surface area (Å²) in [6.45, 7) is 5.93. The van der Waals surface area contributed by atoms with Crippen molar-refractivity contribution in [3.05, 3.63) is 35.2 Å². The van der Waals surface area contributed by atoms with E-state index in [0.717, 1.165) is 83.4 Å². The number of amides is 1. The van der Waals surface area contributed by atoms with E-state index in [1.165, 1.54) is 11.3 Å². The molecule has 7 nitrogen and oxygen atoms in total. The standard InChI is InChI=1S/C19H27N5O2.Pb/c1-2-5-15-6-7-18(22-19(15)20-14-25)26-11-4-3-9-24-10-8-17-16(13-24)12-21-23-17;/h6-7,12,14H,2-5,8-11,13H2,1H3,(H2,20,21,22,23,25);/q;+1/p-1. The van der Waals surface area contributed by atoms with Crippen LogP contribution < -0.4 is 10.1 Å². The number of ether oxygens (including phenoxy) is 1. The molecule has 0 atom stereocenters. The number of unbranched alkanes of at least 4 members (excludes halogenated alkanes) is 1. The maximum atomic E-state index is 10.8. The molecule has 2 aromatic heterocycles. The second-order valence-corrected chi connectivity index (χ2v) is 8.58. The van der Waals surface area contributed by atoms with Crippen LogP contribution in [0.2, 0.25) is 0 Å².